The number of thiophene rings is 1. The van der Waals surface area contributed by atoms with Crippen molar-refractivity contribution in [3.8, 4) is 56.2 Å². The molecular weight excluding hydrogens is 673 g/mol. The van der Waals surface area contributed by atoms with Gasteiger partial charge in [-0.15, -0.1) is 11.3 Å². The number of nitrogens with zero attached hydrogens (tertiary/aromatic N) is 2. The summed E-state index contributed by atoms with van der Waals surface area (Å²) in [5, 5.41) is 7.56. The summed E-state index contributed by atoms with van der Waals surface area (Å²) in [6.45, 7) is 4.74. The smallest absolute Gasteiger partial charge is 0.160 e. The maximum Gasteiger partial charge on any atom is 0.160 e. The lowest BCUT2D eigenvalue weighted by molar-refractivity contribution is 0.666. The Morgan fingerprint density at radius 1 is 0.407 bits per heavy atom. The molecule has 0 bridgehead atoms. The van der Waals surface area contributed by atoms with Gasteiger partial charge in [-0.05, 0) is 85.3 Å². The molecule has 2 aromatic heterocycles. The highest BCUT2D eigenvalue weighted by molar-refractivity contribution is 7.25. The predicted molar refractivity (Wildman–Crippen MR) is 229 cm³/mol. The van der Waals surface area contributed by atoms with Crippen molar-refractivity contribution in [3.05, 3.63) is 181 Å². The van der Waals surface area contributed by atoms with Crippen LogP contribution >= 0.6 is 11.3 Å². The maximum absolute atomic E-state index is 5.26. The minimum atomic E-state index is -0.0851. The van der Waals surface area contributed by atoms with Gasteiger partial charge in [-0.2, -0.15) is 0 Å². The SMILES string of the molecule is CC1(C)c2ccc(-c3ccc(-c4cc(-c5ccc6sc7ccccc7c6c5)nc(-c5ccccc5)n4)c4ccccc34)cc2-c2ccc3ccccc3c21. The third-order valence-corrected chi connectivity index (χ3v) is 12.6. The van der Waals surface area contributed by atoms with Gasteiger partial charge >= 0.3 is 0 Å². The largest absolute Gasteiger partial charge is 0.228 e. The van der Waals surface area contributed by atoms with E-state index in [1.807, 2.05) is 17.4 Å². The van der Waals surface area contributed by atoms with E-state index in [-0.39, 0.29) is 5.41 Å². The van der Waals surface area contributed by atoms with Crippen molar-refractivity contribution in [2.45, 2.75) is 19.3 Å². The van der Waals surface area contributed by atoms with Gasteiger partial charge in [-0.3, -0.25) is 0 Å². The first kappa shape index (κ1) is 31.1. The van der Waals surface area contributed by atoms with Gasteiger partial charge in [0.15, 0.2) is 5.82 Å². The minimum Gasteiger partial charge on any atom is -0.228 e. The van der Waals surface area contributed by atoms with E-state index >= 15 is 0 Å². The van der Waals surface area contributed by atoms with E-state index < -0.39 is 0 Å². The number of hydrogen-bond donors (Lipinski definition) is 0. The summed E-state index contributed by atoms with van der Waals surface area (Å²) in [6, 6.07) is 61.7. The van der Waals surface area contributed by atoms with E-state index in [2.05, 4.69) is 178 Å². The second-order valence-electron chi connectivity index (χ2n) is 14.9. The van der Waals surface area contributed by atoms with Crippen LogP contribution in [0.15, 0.2) is 170 Å². The summed E-state index contributed by atoms with van der Waals surface area (Å²) in [6.07, 6.45) is 0. The van der Waals surface area contributed by atoms with Gasteiger partial charge in [0.25, 0.3) is 0 Å². The third kappa shape index (κ3) is 4.72. The van der Waals surface area contributed by atoms with E-state index in [0.29, 0.717) is 0 Å². The fraction of sp³-hybridized carbons (Fsp3) is 0.0588. The van der Waals surface area contributed by atoms with Gasteiger partial charge < -0.3 is 0 Å². The lowest BCUT2D eigenvalue weighted by atomic mass is 9.80. The van der Waals surface area contributed by atoms with Crippen LogP contribution in [-0.2, 0) is 5.41 Å². The summed E-state index contributed by atoms with van der Waals surface area (Å²) < 4.78 is 2.58. The molecule has 2 heterocycles. The number of aromatic nitrogens is 2. The fourth-order valence-corrected chi connectivity index (χ4v) is 9.98. The van der Waals surface area contributed by atoms with Gasteiger partial charge in [0, 0.05) is 42.3 Å². The van der Waals surface area contributed by atoms with Gasteiger partial charge in [0.05, 0.1) is 11.4 Å². The Bertz CT molecular complexity index is 3130. The normalized spacial score (nSPS) is 13.1. The van der Waals surface area contributed by atoms with Gasteiger partial charge in [-0.1, -0.05) is 153 Å². The van der Waals surface area contributed by atoms with Crippen LogP contribution in [-0.4, -0.2) is 9.97 Å². The van der Waals surface area contributed by atoms with E-state index in [4.69, 9.17) is 9.97 Å². The molecule has 2 nitrogen and oxygen atoms in total. The quantitative estimate of drug-likeness (QED) is 0.182. The molecule has 54 heavy (non-hydrogen) atoms. The first-order valence-electron chi connectivity index (χ1n) is 18.6. The summed E-state index contributed by atoms with van der Waals surface area (Å²) in [5.41, 5.74) is 12.8. The summed E-state index contributed by atoms with van der Waals surface area (Å²) >= 11 is 1.84. The second-order valence-corrected chi connectivity index (χ2v) is 16.0. The van der Waals surface area contributed by atoms with Crippen LogP contribution in [0.3, 0.4) is 0 Å². The zero-order chi connectivity index (χ0) is 36.0. The van der Waals surface area contributed by atoms with Crippen molar-refractivity contribution >= 4 is 53.1 Å². The highest BCUT2D eigenvalue weighted by atomic mass is 32.1. The Kier molecular flexibility index (Phi) is 6.80. The number of benzene rings is 8. The molecule has 3 heteroatoms. The van der Waals surface area contributed by atoms with Crippen molar-refractivity contribution in [1.82, 2.24) is 9.97 Å². The molecule has 254 valence electrons. The second kappa shape index (κ2) is 11.8. The average Bonchev–Trinajstić information content (AvgIpc) is 3.71. The lowest BCUT2D eigenvalue weighted by Crippen LogP contribution is -2.15. The summed E-state index contributed by atoms with van der Waals surface area (Å²) in [7, 11) is 0. The average molecular weight is 707 g/mol. The van der Waals surface area contributed by atoms with Crippen LogP contribution in [0.1, 0.15) is 25.0 Å². The zero-order valence-electron chi connectivity index (χ0n) is 30.0. The lowest BCUT2D eigenvalue weighted by Gasteiger charge is -2.23. The molecule has 8 aromatic carbocycles. The molecule has 10 aromatic rings. The number of rotatable bonds is 4. The molecule has 0 fully saturated rings. The Labute approximate surface area is 318 Å². The first-order chi connectivity index (χ1) is 26.5. The molecule has 0 spiro atoms. The van der Waals surface area contributed by atoms with Gasteiger partial charge in [-0.25, -0.2) is 9.97 Å². The molecule has 0 saturated carbocycles. The molecule has 1 aliphatic carbocycles. The van der Waals surface area contributed by atoms with Crippen molar-refractivity contribution in [2.24, 2.45) is 0 Å². The van der Waals surface area contributed by atoms with Crippen LogP contribution < -0.4 is 0 Å². The van der Waals surface area contributed by atoms with Gasteiger partial charge in [0.2, 0.25) is 0 Å². The van der Waals surface area contributed by atoms with E-state index in [9.17, 15) is 0 Å². The number of fused-ring (bicyclic) bond motifs is 9. The van der Waals surface area contributed by atoms with Crippen molar-refractivity contribution in [1.29, 1.82) is 0 Å². The molecule has 1 aliphatic rings. The van der Waals surface area contributed by atoms with Crippen LogP contribution in [0.2, 0.25) is 0 Å². The maximum atomic E-state index is 5.26. The molecule has 11 rings (SSSR count). The molecule has 0 radical (unpaired) electrons. The predicted octanol–water partition coefficient (Wildman–Crippen LogP) is 14.1. The Balaban J connectivity index is 1.08. The van der Waals surface area contributed by atoms with Crippen LogP contribution in [0, 0.1) is 0 Å². The number of hydrogen-bond acceptors (Lipinski definition) is 3. The molecule has 0 N–H and O–H groups in total. The fourth-order valence-electron chi connectivity index (χ4n) is 8.89. The monoisotopic (exact) mass is 706 g/mol. The Morgan fingerprint density at radius 3 is 1.91 bits per heavy atom. The van der Waals surface area contributed by atoms with Crippen molar-refractivity contribution < 1.29 is 0 Å². The molecule has 0 saturated heterocycles. The van der Waals surface area contributed by atoms with E-state index in [0.717, 1.165) is 33.9 Å². The summed E-state index contributed by atoms with van der Waals surface area (Å²) in [5.74, 6) is 0.721. The Morgan fingerprint density at radius 2 is 1.06 bits per heavy atom. The third-order valence-electron chi connectivity index (χ3n) is 11.5. The van der Waals surface area contributed by atoms with E-state index in [1.165, 1.54) is 75.1 Å². The van der Waals surface area contributed by atoms with E-state index in [1.54, 1.807) is 0 Å². The van der Waals surface area contributed by atoms with Crippen molar-refractivity contribution in [2.75, 3.05) is 0 Å². The van der Waals surface area contributed by atoms with Crippen LogP contribution in [0.5, 0.6) is 0 Å². The topological polar surface area (TPSA) is 25.8 Å². The Hall–Kier alpha value is -6.42. The zero-order valence-corrected chi connectivity index (χ0v) is 30.8. The van der Waals surface area contributed by atoms with Gasteiger partial charge in [0.1, 0.15) is 0 Å². The molecule has 0 atom stereocenters. The molecule has 0 aliphatic heterocycles. The first-order valence-corrected chi connectivity index (χ1v) is 19.4. The highest BCUT2D eigenvalue weighted by Gasteiger charge is 2.37. The summed E-state index contributed by atoms with van der Waals surface area (Å²) in [4.78, 5) is 10.4. The van der Waals surface area contributed by atoms with Crippen LogP contribution in [0.25, 0.3) is 97.9 Å². The minimum absolute atomic E-state index is 0.0851. The van der Waals surface area contributed by atoms with Crippen molar-refractivity contribution in [3.63, 3.8) is 0 Å². The molecule has 0 unspecified atom stereocenters. The van der Waals surface area contributed by atoms with Crippen LogP contribution in [0.4, 0.5) is 0 Å². The highest BCUT2D eigenvalue weighted by Crippen LogP contribution is 2.52. The standard InChI is InChI=1S/C51H34N2S/c1-51(2)44-26-21-33(28-42(44)41-23-20-31-12-6-7-15-36(31)49(41)51)35-24-25-39(38-17-9-8-16-37(35)38)46-30-45(52-50(53-46)32-13-4-3-5-14-32)34-22-27-48-43(29-34)40-18-10-11-19-47(40)54-48/h3-30H,1-2H3. The molecular formula is C51H34N2S. The molecule has 0 amide bonds.